The van der Waals surface area contributed by atoms with Gasteiger partial charge in [0.05, 0.1) is 0 Å². The smallest absolute Gasteiger partial charge is 0.0323 e. The average molecular weight is 154 g/mol. The van der Waals surface area contributed by atoms with E-state index >= 15 is 0 Å². The summed E-state index contributed by atoms with van der Waals surface area (Å²) in [5, 5.41) is 0. The largest absolute Gasteiger partial charge is 0.0651 e. The zero-order valence-corrected chi connectivity index (χ0v) is 8.48. The molecule has 2 atom stereocenters. The first-order chi connectivity index (χ1) is 5.11. The second-order valence-corrected chi connectivity index (χ2v) is 4.71. The van der Waals surface area contributed by atoms with Crippen LogP contribution in [-0.4, -0.2) is 0 Å². The van der Waals surface area contributed by atoms with Crippen LogP contribution in [0.1, 0.15) is 53.4 Å². The topological polar surface area (TPSA) is 0 Å². The van der Waals surface area contributed by atoms with Crippen molar-refractivity contribution in [2.75, 3.05) is 0 Å². The number of hydrogen-bond donors (Lipinski definition) is 0. The third kappa shape index (κ3) is 1.60. The van der Waals surface area contributed by atoms with E-state index in [1.54, 1.807) is 0 Å². The third-order valence-electron chi connectivity index (χ3n) is 3.70. The Morgan fingerprint density at radius 3 is 2.18 bits per heavy atom. The first-order valence-corrected chi connectivity index (χ1v) is 5.11. The molecule has 1 aliphatic rings. The Hall–Kier alpha value is 0. The Kier molecular flexibility index (Phi) is 2.61. The zero-order valence-electron chi connectivity index (χ0n) is 8.48. The second-order valence-electron chi connectivity index (χ2n) is 4.71. The van der Waals surface area contributed by atoms with Gasteiger partial charge in [0.1, 0.15) is 0 Å². The van der Waals surface area contributed by atoms with Crippen molar-refractivity contribution in [2.45, 2.75) is 53.4 Å². The van der Waals surface area contributed by atoms with E-state index in [-0.39, 0.29) is 0 Å². The van der Waals surface area contributed by atoms with E-state index in [1.165, 1.54) is 25.7 Å². The van der Waals surface area contributed by atoms with E-state index in [4.69, 9.17) is 0 Å². The van der Waals surface area contributed by atoms with Crippen molar-refractivity contribution in [3.8, 4) is 0 Å². The van der Waals surface area contributed by atoms with Gasteiger partial charge >= 0.3 is 0 Å². The molecular weight excluding hydrogens is 132 g/mol. The van der Waals surface area contributed by atoms with Gasteiger partial charge in [-0.1, -0.05) is 40.5 Å². The minimum atomic E-state index is 0.634. The van der Waals surface area contributed by atoms with Gasteiger partial charge in [-0.2, -0.15) is 0 Å². The predicted molar refractivity (Wildman–Crippen MR) is 50.6 cm³/mol. The van der Waals surface area contributed by atoms with Crippen molar-refractivity contribution >= 4 is 0 Å². The molecule has 0 heteroatoms. The maximum Gasteiger partial charge on any atom is -0.0323 e. The Balaban J connectivity index is 2.63. The van der Waals surface area contributed by atoms with Gasteiger partial charge in [-0.05, 0) is 30.1 Å². The molecule has 66 valence electrons. The fraction of sp³-hybridized carbons (Fsp3) is 1.00. The third-order valence-corrected chi connectivity index (χ3v) is 3.70. The maximum atomic E-state index is 2.44. The molecule has 0 aromatic heterocycles. The molecule has 1 saturated carbocycles. The van der Waals surface area contributed by atoms with E-state index in [9.17, 15) is 0 Å². The van der Waals surface area contributed by atoms with Crippen LogP contribution < -0.4 is 0 Å². The highest BCUT2D eigenvalue weighted by molar-refractivity contribution is 4.89. The standard InChI is InChI=1S/C11H22/c1-5-9-7-8-11(3,4)10(9)6-2/h9-10H,5-8H2,1-4H3. The first-order valence-electron chi connectivity index (χ1n) is 5.11. The van der Waals surface area contributed by atoms with Crippen LogP contribution in [0.2, 0.25) is 0 Å². The molecule has 0 spiro atoms. The van der Waals surface area contributed by atoms with Gasteiger partial charge in [-0.25, -0.2) is 0 Å². The maximum absolute atomic E-state index is 2.44. The van der Waals surface area contributed by atoms with E-state index in [1.807, 2.05) is 0 Å². The lowest BCUT2D eigenvalue weighted by Crippen LogP contribution is -2.20. The molecule has 0 aromatic carbocycles. The van der Waals surface area contributed by atoms with E-state index in [2.05, 4.69) is 27.7 Å². The van der Waals surface area contributed by atoms with Crippen molar-refractivity contribution < 1.29 is 0 Å². The van der Waals surface area contributed by atoms with Crippen molar-refractivity contribution in [1.82, 2.24) is 0 Å². The first kappa shape index (κ1) is 9.09. The molecule has 0 heterocycles. The van der Waals surface area contributed by atoms with E-state index in [0.29, 0.717) is 5.41 Å². The zero-order chi connectivity index (χ0) is 8.48. The molecule has 0 nitrogen and oxygen atoms in total. The molecule has 0 aliphatic heterocycles. The van der Waals surface area contributed by atoms with Crippen molar-refractivity contribution in [3.63, 3.8) is 0 Å². The highest BCUT2D eigenvalue weighted by Crippen LogP contribution is 2.49. The SMILES string of the molecule is CCC1CCC(C)(C)C1CC. The van der Waals surface area contributed by atoms with E-state index < -0.39 is 0 Å². The molecule has 0 radical (unpaired) electrons. The lowest BCUT2D eigenvalue weighted by atomic mass is 9.76. The quantitative estimate of drug-likeness (QED) is 0.566. The Morgan fingerprint density at radius 2 is 1.82 bits per heavy atom. The molecule has 0 saturated heterocycles. The molecule has 0 N–H and O–H groups in total. The van der Waals surface area contributed by atoms with Crippen LogP contribution in [0.4, 0.5) is 0 Å². The summed E-state index contributed by atoms with van der Waals surface area (Å²) in [4.78, 5) is 0. The summed E-state index contributed by atoms with van der Waals surface area (Å²) in [7, 11) is 0. The van der Waals surface area contributed by atoms with Crippen molar-refractivity contribution in [3.05, 3.63) is 0 Å². The minimum Gasteiger partial charge on any atom is -0.0651 e. The molecule has 1 fully saturated rings. The molecule has 0 bridgehead atoms. The summed E-state index contributed by atoms with van der Waals surface area (Å²) >= 11 is 0. The van der Waals surface area contributed by atoms with Gasteiger partial charge < -0.3 is 0 Å². The van der Waals surface area contributed by atoms with Gasteiger partial charge in [0, 0.05) is 0 Å². The van der Waals surface area contributed by atoms with Gasteiger partial charge in [0.2, 0.25) is 0 Å². The summed E-state index contributed by atoms with van der Waals surface area (Å²) in [6.45, 7) is 9.57. The summed E-state index contributed by atoms with van der Waals surface area (Å²) in [6.07, 6.45) is 5.69. The highest BCUT2D eigenvalue weighted by atomic mass is 14.4. The summed E-state index contributed by atoms with van der Waals surface area (Å²) < 4.78 is 0. The Morgan fingerprint density at radius 1 is 1.18 bits per heavy atom. The Labute approximate surface area is 71.4 Å². The van der Waals surface area contributed by atoms with Gasteiger partial charge in [0.15, 0.2) is 0 Å². The van der Waals surface area contributed by atoms with Gasteiger partial charge in [-0.3, -0.25) is 0 Å². The molecule has 1 aliphatic carbocycles. The highest BCUT2D eigenvalue weighted by Gasteiger charge is 2.39. The second kappa shape index (κ2) is 3.16. The minimum absolute atomic E-state index is 0.634. The summed E-state index contributed by atoms with van der Waals surface area (Å²) in [6, 6.07) is 0. The molecule has 2 unspecified atom stereocenters. The summed E-state index contributed by atoms with van der Waals surface area (Å²) in [5.41, 5.74) is 0.634. The normalized spacial score (nSPS) is 36.0. The lowest BCUT2D eigenvalue weighted by Gasteiger charge is -2.29. The summed E-state index contributed by atoms with van der Waals surface area (Å²) in [5.74, 6) is 2.02. The number of hydrogen-bond acceptors (Lipinski definition) is 0. The molecule has 1 rings (SSSR count). The molecular formula is C11H22. The van der Waals surface area contributed by atoms with Gasteiger partial charge in [-0.15, -0.1) is 0 Å². The fourth-order valence-corrected chi connectivity index (χ4v) is 2.96. The molecule has 0 aromatic rings. The van der Waals surface area contributed by atoms with Crippen LogP contribution in [0.15, 0.2) is 0 Å². The van der Waals surface area contributed by atoms with Crippen LogP contribution in [0, 0.1) is 17.3 Å². The van der Waals surface area contributed by atoms with E-state index in [0.717, 1.165) is 11.8 Å². The van der Waals surface area contributed by atoms with Crippen LogP contribution in [0.3, 0.4) is 0 Å². The monoisotopic (exact) mass is 154 g/mol. The molecule has 0 amide bonds. The Bertz CT molecular complexity index is 124. The molecule has 11 heavy (non-hydrogen) atoms. The number of rotatable bonds is 2. The van der Waals surface area contributed by atoms with Crippen LogP contribution in [0.25, 0.3) is 0 Å². The fourth-order valence-electron chi connectivity index (χ4n) is 2.96. The van der Waals surface area contributed by atoms with Crippen LogP contribution in [-0.2, 0) is 0 Å². The van der Waals surface area contributed by atoms with Crippen molar-refractivity contribution in [2.24, 2.45) is 17.3 Å². The lowest BCUT2D eigenvalue weighted by molar-refractivity contribution is 0.207. The van der Waals surface area contributed by atoms with Crippen LogP contribution in [0.5, 0.6) is 0 Å². The van der Waals surface area contributed by atoms with Crippen molar-refractivity contribution in [1.29, 1.82) is 0 Å². The average Bonchev–Trinajstić information content (AvgIpc) is 2.24. The predicted octanol–water partition coefficient (Wildman–Crippen LogP) is 3.86. The van der Waals surface area contributed by atoms with Gasteiger partial charge in [0.25, 0.3) is 0 Å². The van der Waals surface area contributed by atoms with Crippen LogP contribution >= 0.6 is 0 Å².